The van der Waals surface area contributed by atoms with Crippen molar-refractivity contribution in [3.8, 4) is 67.3 Å². The molecule has 2 heterocycles. The number of hydrogen-bond acceptors (Lipinski definition) is 2. The number of rotatable bonds is 13. The van der Waals surface area contributed by atoms with Crippen LogP contribution in [0.2, 0.25) is 0 Å². The second-order valence-corrected chi connectivity index (χ2v) is 21.0. The van der Waals surface area contributed by atoms with Crippen LogP contribution < -0.4 is 9.80 Å². The maximum atomic E-state index is 2.45. The maximum Gasteiger partial charge on any atom is 0.0570 e. The fourth-order valence-electron chi connectivity index (χ4n) is 12.1. The van der Waals surface area contributed by atoms with E-state index in [4.69, 9.17) is 0 Å². The average Bonchev–Trinajstić information content (AvgIpc) is 4.15. The van der Waals surface area contributed by atoms with Crippen molar-refractivity contribution in [2.75, 3.05) is 9.80 Å². The summed E-state index contributed by atoms with van der Waals surface area (Å²) < 4.78 is 4.89. The summed E-state index contributed by atoms with van der Waals surface area (Å²) in [7, 11) is 0. The Bertz CT molecular complexity index is 4240. The normalized spacial score (nSPS) is 11.3. The lowest BCUT2D eigenvalue weighted by Crippen LogP contribution is -2.10. The average molecular weight is 1050 g/mol. The molecule has 4 nitrogen and oxygen atoms in total. The zero-order valence-corrected chi connectivity index (χ0v) is 45.8. The minimum Gasteiger partial charge on any atom is -0.310 e. The van der Waals surface area contributed by atoms with Gasteiger partial charge in [0.15, 0.2) is 0 Å². The Morgan fingerprint density at radius 3 is 0.854 bits per heavy atom. The molecule has 2 aromatic heterocycles. The molecule has 0 aliphatic carbocycles. The van der Waals surface area contributed by atoms with Crippen LogP contribution in [0, 0.1) is 13.8 Å². The lowest BCUT2D eigenvalue weighted by molar-refractivity contribution is 1.12. The molecule has 14 rings (SSSR count). The van der Waals surface area contributed by atoms with Crippen molar-refractivity contribution in [3.05, 3.63) is 327 Å². The molecule has 0 aliphatic rings. The molecule has 82 heavy (non-hydrogen) atoms. The predicted octanol–water partition coefficient (Wildman–Crippen LogP) is 21.5. The van der Waals surface area contributed by atoms with Gasteiger partial charge in [-0.2, -0.15) is 0 Å². The summed E-state index contributed by atoms with van der Waals surface area (Å²) in [5.41, 5.74) is 25.4. The van der Waals surface area contributed by atoms with E-state index in [1.165, 1.54) is 77.8 Å². The molecule has 0 spiro atoms. The van der Waals surface area contributed by atoms with E-state index in [1.54, 1.807) is 0 Å². The Labute approximate surface area is 480 Å². The lowest BCUT2D eigenvalue weighted by Gasteiger charge is -2.26. The molecular formula is C78H58N4. The Hall–Kier alpha value is -10.7. The van der Waals surface area contributed by atoms with Gasteiger partial charge in [-0.1, -0.05) is 194 Å². The van der Waals surface area contributed by atoms with Crippen molar-refractivity contribution in [3.63, 3.8) is 0 Å². The lowest BCUT2D eigenvalue weighted by atomic mass is 9.99. The predicted molar refractivity (Wildman–Crippen MR) is 346 cm³/mol. The standard InChI is InChI=1S/C78H58N4/c1-55-73-53-63(39-49-75(73)81(77(55)59-27-13-5-14-28-59)69-45-41-67(42-46-69)79(65-33-17-7-18-34-65)71-37-21-31-61(51-71)57-23-9-3-10-24-57)64-40-50-76-74(54-64)56(2)78(60-29-15-6-16-30-60)82(76)70-47-43-68(44-48-70)80(66-35-19-8-20-36-66)72-38-22-32-62(52-72)58-25-11-4-12-26-58/h3-54H,1-2H3. The minimum atomic E-state index is 1.08. The molecule has 12 aromatic carbocycles. The largest absolute Gasteiger partial charge is 0.310 e. The first-order chi connectivity index (χ1) is 40.5. The minimum absolute atomic E-state index is 1.08. The quantitative estimate of drug-likeness (QED) is 0.114. The first-order valence-electron chi connectivity index (χ1n) is 28.2. The summed E-state index contributed by atoms with van der Waals surface area (Å²) >= 11 is 0. The molecule has 0 unspecified atom stereocenters. The highest BCUT2D eigenvalue weighted by atomic mass is 15.1. The first-order valence-corrected chi connectivity index (χ1v) is 28.2. The summed E-state index contributed by atoms with van der Waals surface area (Å²) in [6.07, 6.45) is 0. The Balaban J connectivity index is 0.846. The summed E-state index contributed by atoms with van der Waals surface area (Å²) in [6, 6.07) is 114. The fourth-order valence-corrected chi connectivity index (χ4v) is 12.1. The topological polar surface area (TPSA) is 16.3 Å². The van der Waals surface area contributed by atoms with Crippen LogP contribution in [-0.4, -0.2) is 9.13 Å². The van der Waals surface area contributed by atoms with Gasteiger partial charge in [0, 0.05) is 56.3 Å². The van der Waals surface area contributed by atoms with Gasteiger partial charge in [0.1, 0.15) is 0 Å². The maximum absolute atomic E-state index is 2.45. The van der Waals surface area contributed by atoms with Gasteiger partial charge in [-0.25, -0.2) is 0 Å². The van der Waals surface area contributed by atoms with Crippen LogP contribution in [0.1, 0.15) is 11.1 Å². The molecule has 390 valence electrons. The van der Waals surface area contributed by atoms with Crippen molar-refractivity contribution in [1.29, 1.82) is 0 Å². The van der Waals surface area contributed by atoms with E-state index in [0.29, 0.717) is 0 Å². The molecule has 0 fully saturated rings. The molecule has 0 saturated heterocycles. The highest BCUT2D eigenvalue weighted by Crippen LogP contribution is 2.44. The van der Waals surface area contributed by atoms with Crippen LogP contribution in [0.5, 0.6) is 0 Å². The third kappa shape index (κ3) is 9.22. The number of hydrogen-bond donors (Lipinski definition) is 0. The van der Waals surface area contributed by atoms with Crippen molar-refractivity contribution in [2.45, 2.75) is 13.8 Å². The summed E-state index contributed by atoms with van der Waals surface area (Å²) in [6.45, 7) is 4.56. The number of nitrogens with zero attached hydrogens (tertiary/aromatic N) is 4. The molecule has 0 radical (unpaired) electrons. The van der Waals surface area contributed by atoms with Crippen molar-refractivity contribution in [1.82, 2.24) is 9.13 Å². The number of benzene rings is 12. The van der Waals surface area contributed by atoms with Gasteiger partial charge in [-0.3, -0.25) is 0 Å². The molecule has 0 atom stereocenters. The van der Waals surface area contributed by atoms with Gasteiger partial charge in [0.2, 0.25) is 0 Å². The van der Waals surface area contributed by atoms with Crippen molar-refractivity contribution < 1.29 is 0 Å². The molecule has 0 N–H and O–H groups in total. The van der Waals surface area contributed by atoms with E-state index in [1.807, 2.05) is 0 Å². The van der Waals surface area contributed by atoms with Gasteiger partial charge >= 0.3 is 0 Å². The molecular weight excluding hydrogens is 993 g/mol. The van der Waals surface area contributed by atoms with Gasteiger partial charge in [0.05, 0.1) is 22.4 Å². The van der Waals surface area contributed by atoms with Crippen molar-refractivity contribution >= 4 is 55.9 Å². The van der Waals surface area contributed by atoms with Gasteiger partial charge in [-0.05, 0) is 191 Å². The first kappa shape index (κ1) is 49.6. The molecule has 0 bridgehead atoms. The van der Waals surface area contributed by atoms with Crippen molar-refractivity contribution in [2.24, 2.45) is 0 Å². The van der Waals surface area contributed by atoms with Gasteiger partial charge < -0.3 is 18.9 Å². The number of para-hydroxylation sites is 2. The van der Waals surface area contributed by atoms with E-state index in [0.717, 1.165) is 56.5 Å². The fraction of sp³-hybridized carbons (Fsp3) is 0.0256. The smallest absolute Gasteiger partial charge is 0.0570 e. The Morgan fingerprint density at radius 1 is 0.220 bits per heavy atom. The molecule has 14 aromatic rings. The monoisotopic (exact) mass is 1050 g/mol. The van der Waals surface area contributed by atoms with Crippen LogP contribution >= 0.6 is 0 Å². The number of anilines is 6. The number of aromatic nitrogens is 2. The summed E-state index contributed by atoms with van der Waals surface area (Å²) in [5, 5.41) is 2.44. The van der Waals surface area contributed by atoms with Gasteiger partial charge in [-0.15, -0.1) is 0 Å². The van der Waals surface area contributed by atoms with E-state index >= 15 is 0 Å². The summed E-state index contributed by atoms with van der Waals surface area (Å²) in [4.78, 5) is 4.69. The second-order valence-electron chi connectivity index (χ2n) is 21.0. The molecule has 0 saturated carbocycles. The van der Waals surface area contributed by atoms with Crippen LogP contribution in [0.4, 0.5) is 34.1 Å². The zero-order chi connectivity index (χ0) is 54.9. The second kappa shape index (κ2) is 21.5. The van der Waals surface area contributed by atoms with E-state index in [9.17, 15) is 0 Å². The van der Waals surface area contributed by atoms with Crippen LogP contribution in [-0.2, 0) is 0 Å². The van der Waals surface area contributed by atoms with E-state index in [2.05, 4.69) is 348 Å². The Kier molecular flexibility index (Phi) is 13.0. The zero-order valence-electron chi connectivity index (χ0n) is 45.8. The van der Waals surface area contributed by atoms with Crippen LogP contribution in [0.25, 0.3) is 89.1 Å². The third-order valence-corrected chi connectivity index (χ3v) is 16.1. The molecule has 0 aliphatic heterocycles. The Morgan fingerprint density at radius 2 is 0.500 bits per heavy atom. The number of aryl methyl sites for hydroxylation is 2. The van der Waals surface area contributed by atoms with Gasteiger partial charge in [0.25, 0.3) is 0 Å². The third-order valence-electron chi connectivity index (χ3n) is 16.1. The SMILES string of the molecule is Cc1c(-c2ccccc2)n(-c2ccc(N(c3ccccc3)c3cccc(-c4ccccc4)c3)cc2)c2ccc(-c3ccc4c(c3)c(C)c(-c3ccccc3)n4-c3ccc(N(c4ccccc4)c4cccc(-c5ccccc5)c4)cc3)cc12. The molecule has 4 heteroatoms. The van der Waals surface area contributed by atoms with E-state index < -0.39 is 0 Å². The number of fused-ring (bicyclic) bond motifs is 2. The van der Waals surface area contributed by atoms with Crippen LogP contribution in [0.3, 0.4) is 0 Å². The van der Waals surface area contributed by atoms with E-state index in [-0.39, 0.29) is 0 Å². The van der Waals surface area contributed by atoms with Crippen LogP contribution in [0.15, 0.2) is 315 Å². The summed E-state index contributed by atoms with van der Waals surface area (Å²) in [5.74, 6) is 0. The highest BCUT2D eigenvalue weighted by molar-refractivity contribution is 6.00. The molecule has 0 amide bonds. The highest BCUT2D eigenvalue weighted by Gasteiger charge is 2.23.